The summed E-state index contributed by atoms with van der Waals surface area (Å²) in [6, 6.07) is 2.76. The number of urea groups is 1. The van der Waals surface area contributed by atoms with Crippen molar-refractivity contribution >= 4 is 29.4 Å². The number of hydrogen-bond donors (Lipinski definition) is 4. The quantitative estimate of drug-likeness (QED) is 0.511. The summed E-state index contributed by atoms with van der Waals surface area (Å²) in [6.07, 6.45) is -2.21. The maximum absolute atomic E-state index is 13.6. The van der Waals surface area contributed by atoms with Crippen LogP contribution >= 0.6 is 11.8 Å². The molecule has 3 unspecified atom stereocenters. The Kier molecular flexibility index (Phi) is 6.15. The average molecular weight is 498 g/mol. The van der Waals surface area contributed by atoms with Crippen LogP contribution in [0.2, 0.25) is 0 Å². The van der Waals surface area contributed by atoms with Gasteiger partial charge >= 0.3 is 12.2 Å². The third-order valence-electron chi connectivity index (χ3n) is 6.75. The summed E-state index contributed by atoms with van der Waals surface area (Å²) in [6.45, 7) is 2.21. The third kappa shape index (κ3) is 4.11. The molecule has 4 aliphatic heterocycles. The molecule has 4 N–H and O–H groups in total. The molecule has 1 aromatic carbocycles. The van der Waals surface area contributed by atoms with Gasteiger partial charge in [-0.05, 0) is 50.6 Å². The summed E-state index contributed by atoms with van der Waals surface area (Å²) in [5.74, 6) is -0.760. The van der Waals surface area contributed by atoms with Crippen LogP contribution in [0.15, 0.2) is 28.8 Å². The zero-order chi connectivity index (χ0) is 24.0. The number of benzene rings is 1. The Morgan fingerprint density at radius 2 is 2.09 bits per heavy atom. The molecule has 3 saturated heterocycles. The smallest absolute Gasteiger partial charge is 0.420 e. The predicted octanol–water partition coefficient (Wildman–Crippen LogP) is 2.37. The minimum absolute atomic E-state index is 0.0252. The number of thioether (sulfide) groups is 1. The monoisotopic (exact) mass is 497 g/mol. The lowest BCUT2D eigenvalue weighted by molar-refractivity contribution is -0.138. The van der Waals surface area contributed by atoms with Crippen molar-refractivity contribution in [2.45, 2.75) is 42.9 Å². The van der Waals surface area contributed by atoms with Gasteiger partial charge in [0.15, 0.2) is 0 Å². The number of methoxy groups -OCH3 is 1. The maximum atomic E-state index is 13.6. The highest BCUT2D eigenvalue weighted by molar-refractivity contribution is 8.04. The van der Waals surface area contributed by atoms with Crippen LogP contribution in [0.5, 0.6) is 5.75 Å². The van der Waals surface area contributed by atoms with Crippen molar-refractivity contribution in [1.82, 2.24) is 21.3 Å². The van der Waals surface area contributed by atoms with E-state index in [4.69, 9.17) is 4.74 Å². The lowest BCUT2D eigenvalue weighted by atomic mass is 9.86. The zero-order valence-electron chi connectivity index (χ0n) is 18.5. The van der Waals surface area contributed by atoms with Gasteiger partial charge in [-0.2, -0.15) is 13.2 Å². The number of rotatable bonds is 4. The molecule has 0 aliphatic carbocycles. The number of nitrogens with one attached hydrogen (secondary N) is 4. The Bertz CT molecular complexity index is 1030. The van der Waals surface area contributed by atoms with Crippen molar-refractivity contribution in [1.29, 1.82) is 0 Å². The molecular formula is C22H26F3N5O3S. The molecule has 3 fully saturated rings. The summed E-state index contributed by atoms with van der Waals surface area (Å²) in [4.78, 5) is 28.2. The summed E-state index contributed by atoms with van der Waals surface area (Å²) < 4.78 is 45.7. The molecule has 34 heavy (non-hydrogen) atoms. The van der Waals surface area contributed by atoms with Crippen LogP contribution in [-0.2, 0) is 11.0 Å². The fourth-order valence-electron chi connectivity index (χ4n) is 5.22. The van der Waals surface area contributed by atoms with Crippen molar-refractivity contribution < 1.29 is 27.5 Å². The summed E-state index contributed by atoms with van der Waals surface area (Å²) in [7, 11) is 1.18. The lowest BCUT2D eigenvalue weighted by Gasteiger charge is -2.46. The first-order valence-corrected chi connectivity index (χ1v) is 12.2. The van der Waals surface area contributed by atoms with E-state index in [2.05, 4.69) is 21.3 Å². The molecule has 3 amide bonds. The van der Waals surface area contributed by atoms with Crippen molar-refractivity contribution in [2.24, 2.45) is 5.92 Å². The van der Waals surface area contributed by atoms with Gasteiger partial charge in [-0.1, -0.05) is 11.8 Å². The van der Waals surface area contributed by atoms with Crippen LogP contribution < -0.4 is 30.9 Å². The number of carbonyl (C=O) groups excluding carboxylic acids is 2. The number of nitrogens with zero attached hydrogens (tertiary/aromatic N) is 1. The van der Waals surface area contributed by atoms with Gasteiger partial charge in [-0.3, -0.25) is 9.69 Å². The Balaban J connectivity index is 1.46. The highest BCUT2D eigenvalue weighted by Gasteiger charge is 2.52. The molecule has 0 radical (unpaired) electrons. The maximum Gasteiger partial charge on any atom is 0.420 e. The predicted molar refractivity (Wildman–Crippen MR) is 121 cm³/mol. The summed E-state index contributed by atoms with van der Waals surface area (Å²) in [5.41, 5.74) is -0.236. The Morgan fingerprint density at radius 1 is 1.26 bits per heavy atom. The van der Waals surface area contributed by atoms with Crippen molar-refractivity contribution in [3.8, 4) is 5.75 Å². The van der Waals surface area contributed by atoms with Crippen molar-refractivity contribution in [3.63, 3.8) is 0 Å². The minimum atomic E-state index is -4.63. The zero-order valence-corrected chi connectivity index (χ0v) is 19.3. The van der Waals surface area contributed by atoms with Crippen LogP contribution in [0, 0.1) is 5.92 Å². The molecule has 1 aromatic rings. The van der Waals surface area contributed by atoms with Crippen LogP contribution in [0.1, 0.15) is 24.8 Å². The van der Waals surface area contributed by atoms with E-state index < -0.39 is 17.8 Å². The first kappa shape index (κ1) is 23.3. The first-order chi connectivity index (χ1) is 16.3. The molecule has 4 aliphatic rings. The molecule has 0 bridgehead atoms. The van der Waals surface area contributed by atoms with Crippen LogP contribution in [-0.4, -0.2) is 56.1 Å². The van der Waals surface area contributed by atoms with Gasteiger partial charge in [0.25, 0.3) is 5.91 Å². The summed E-state index contributed by atoms with van der Waals surface area (Å²) in [5, 5.41) is 12.4. The van der Waals surface area contributed by atoms with Gasteiger partial charge in [-0.25, -0.2) is 4.79 Å². The molecule has 0 spiro atoms. The van der Waals surface area contributed by atoms with Gasteiger partial charge in [0.2, 0.25) is 0 Å². The molecule has 0 saturated carbocycles. The Morgan fingerprint density at radius 3 is 2.79 bits per heavy atom. The molecule has 4 heterocycles. The van der Waals surface area contributed by atoms with Gasteiger partial charge < -0.3 is 26.0 Å². The Labute approximate surface area is 199 Å². The second-order valence-corrected chi connectivity index (χ2v) is 9.97. The van der Waals surface area contributed by atoms with Gasteiger partial charge in [0, 0.05) is 29.9 Å². The third-order valence-corrected chi connectivity index (χ3v) is 8.10. The fraction of sp³-hybridized carbons (Fsp3) is 0.545. The van der Waals surface area contributed by atoms with E-state index in [1.165, 1.54) is 35.9 Å². The fourth-order valence-corrected chi connectivity index (χ4v) is 6.62. The average Bonchev–Trinajstić information content (AvgIpc) is 3.18. The van der Waals surface area contributed by atoms with Crippen molar-refractivity contribution in [2.75, 3.05) is 31.6 Å². The number of piperidine rings is 2. The van der Waals surface area contributed by atoms with E-state index >= 15 is 0 Å². The first-order valence-electron chi connectivity index (χ1n) is 11.3. The molecule has 8 nitrogen and oxygen atoms in total. The van der Waals surface area contributed by atoms with Gasteiger partial charge in [0.1, 0.15) is 5.75 Å². The van der Waals surface area contributed by atoms with Crippen LogP contribution in [0.25, 0.3) is 0 Å². The van der Waals surface area contributed by atoms with E-state index in [1.807, 2.05) is 0 Å². The molecule has 12 heteroatoms. The topological polar surface area (TPSA) is 94.7 Å². The molecule has 4 atom stereocenters. The highest BCUT2D eigenvalue weighted by atomic mass is 32.2. The molecule has 5 rings (SSSR count). The second-order valence-electron chi connectivity index (χ2n) is 8.82. The number of alkyl halides is 3. The van der Waals surface area contributed by atoms with Gasteiger partial charge in [-0.15, -0.1) is 0 Å². The number of carbonyl (C=O) groups is 2. The van der Waals surface area contributed by atoms with Crippen LogP contribution in [0.3, 0.4) is 0 Å². The van der Waals surface area contributed by atoms with Crippen molar-refractivity contribution in [3.05, 3.63) is 34.4 Å². The Hall–Kier alpha value is -2.44. The number of amides is 3. The number of ether oxygens (including phenoxy) is 1. The number of hydrogen-bond acceptors (Lipinski definition) is 6. The van der Waals surface area contributed by atoms with E-state index in [0.717, 1.165) is 25.5 Å². The van der Waals surface area contributed by atoms with Crippen LogP contribution in [0.4, 0.5) is 23.7 Å². The highest BCUT2D eigenvalue weighted by Crippen LogP contribution is 2.48. The largest absolute Gasteiger partial charge is 0.496 e. The lowest BCUT2D eigenvalue weighted by Crippen LogP contribution is -2.62. The van der Waals surface area contributed by atoms with E-state index in [0.29, 0.717) is 30.1 Å². The standard InChI is InChI=1S/C22H26F3N5O3S/c1-33-15-5-4-12(9-13(15)22(23,24)25)30-14-6-8-27-20-16(14)17(29-21(30)32)18(34-20)19(31)28-11-3-2-7-26-10-11/h4-5,9,11,14,16,20,26-27H,2-3,6-8,10H2,1H3,(H,28,31)(H,29,32)/t11-,14?,16?,20?/m1/s1. The SMILES string of the molecule is COc1ccc(N2C(=O)NC3=C(C(=O)N[C@@H]4CCCNC4)SC4NCCC2C34)cc1C(F)(F)F. The summed E-state index contributed by atoms with van der Waals surface area (Å²) >= 11 is 1.38. The normalized spacial score (nSPS) is 28.9. The number of halogens is 3. The molecular weight excluding hydrogens is 471 g/mol. The van der Waals surface area contributed by atoms with E-state index in [-0.39, 0.29) is 40.7 Å². The van der Waals surface area contributed by atoms with Gasteiger partial charge in [0.05, 0.1) is 29.0 Å². The van der Waals surface area contributed by atoms with E-state index in [9.17, 15) is 22.8 Å². The molecule has 184 valence electrons. The second kappa shape index (κ2) is 8.97. The molecule has 0 aromatic heterocycles. The minimum Gasteiger partial charge on any atom is -0.496 e. The number of anilines is 1. The van der Waals surface area contributed by atoms with E-state index in [1.54, 1.807) is 0 Å².